The van der Waals surface area contributed by atoms with E-state index in [0.29, 0.717) is 12.4 Å². The molecule has 0 fully saturated rings. The van der Waals surface area contributed by atoms with Gasteiger partial charge in [-0.15, -0.1) is 0 Å². The van der Waals surface area contributed by atoms with Crippen molar-refractivity contribution in [2.45, 2.75) is 26.4 Å². The van der Waals surface area contributed by atoms with Crippen LogP contribution in [0.25, 0.3) is 12.2 Å². The van der Waals surface area contributed by atoms with Crippen LogP contribution in [0.2, 0.25) is 0 Å². The highest BCUT2D eigenvalue weighted by atomic mass is 16.6. The molecule has 0 aliphatic carbocycles. The SMILES string of the molecule is CCOC(=O)C(C)(C)Oc1ccc(/C=C/c2cc(OC)cc(OC)c2)cc1. The minimum Gasteiger partial charge on any atom is -0.497 e. The predicted octanol–water partition coefficient (Wildman–Crippen LogP) is 4.59. The molecule has 0 unspecified atom stereocenters. The first-order valence-electron chi connectivity index (χ1n) is 8.75. The summed E-state index contributed by atoms with van der Waals surface area (Å²) in [5, 5.41) is 0. The van der Waals surface area contributed by atoms with Crippen LogP contribution >= 0.6 is 0 Å². The lowest BCUT2D eigenvalue weighted by atomic mass is 10.1. The highest BCUT2D eigenvalue weighted by molar-refractivity contribution is 5.79. The average Bonchev–Trinajstić information content (AvgIpc) is 2.67. The van der Waals surface area contributed by atoms with Gasteiger partial charge in [0.05, 0.1) is 20.8 Å². The first-order valence-corrected chi connectivity index (χ1v) is 8.75. The van der Waals surface area contributed by atoms with Crippen molar-refractivity contribution in [1.82, 2.24) is 0 Å². The fourth-order valence-corrected chi connectivity index (χ4v) is 2.41. The van der Waals surface area contributed by atoms with Crippen molar-refractivity contribution in [2.75, 3.05) is 20.8 Å². The summed E-state index contributed by atoms with van der Waals surface area (Å²) in [7, 11) is 3.25. The molecule has 144 valence electrons. The van der Waals surface area contributed by atoms with E-state index in [-0.39, 0.29) is 5.97 Å². The van der Waals surface area contributed by atoms with Gasteiger partial charge in [0.2, 0.25) is 0 Å². The summed E-state index contributed by atoms with van der Waals surface area (Å²) in [5.41, 5.74) is 0.929. The maximum absolute atomic E-state index is 11.9. The van der Waals surface area contributed by atoms with E-state index < -0.39 is 5.60 Å². The van der Waals surface area contributed by atoms with E-state index >= 15 is 0 Å². The molecule has 0 heterocycles. The molecule has 0 bridgehead atoms. The van der Waals surface area contributed by atoms with E-state index in [1.54, 1.807) is 35.0 Å². The molecule has 0 atom stereocenters. The molecule has 0 spiro atoms. The van der Waals surface area contributed by atoms with Gasteiger partial charge in [-0.2, -0.15) is 0 Å². The Kier molecular flexibility index (Phi) is 6.88. The fourth-order valence-electron chi connectivity index (χ4n) is 2.41. The maximum Gasteiger partial charge on any atom is 0.349 e. The van der Waals surface area contributed by atoms with Gasteiger partial charge in [0, 0.05) is 6.07 Å². The summed E-state index contributed by atoms with van der Waals surface area (Å²) in [6.07, 6.45) is 3.96. The number of carbonyl (C=O) groups excluding carboxylic acids is 1. The number of ether oxygens (including phenoxy) is 4. The summed E-state index contributed by atoms with van der Waals surface area (Å²) in [4.78, 5) is 11.9. The summed E-state index contributed by atoms with van der Waals surface area (Å²) in [6.45, 7) is 5.47. The van der Waals surface area contributed by atoms with E-state index in [4.69, 9.17) is 18.9 Å². The monoisotopic (exact) mass is 370 g/mol. The van der Waals surface area contributed by atoms with Crippen molar-refractivity contribution >= 4 is 18.1 Å². The standard InChI is InChI=1S/C22H26O5/c1-6-26-21(23)22(2,3)27-18-11-9-16(10-12-18)7-8-17-13-19(24-4)15-20(14-17)25-5/h7-15H,6H2,1-5H3/b8-7+. The zero-order chi connectivity index (χ0) is 19.9. The summed E-state index contributed by atoms with van der Waals surface area (Å²) in [5.74, 6) is 1.69. The van der Waals surface area contributed by atoms with Crippen molar-refractivity contribution in [2.24, 2.45) is 0 Å². The number of methoxy groups -OCH3 is 2. The maximum atomic E-state index is 11.9. The molecule has 2 aromatic rings. The van der Waals surface area contributed by atoms with Gasteiger partial charge in [-0.05, 0) is 56.2 Å². The Balaban J connectivity index is 2.09. The number of benzene rings is 2. The van der Waals surface area contributed by atoms with Gasteiger partial charge in [0.15, 0.2) is 5.60 Å². The number of hydrogen-bond donors (Lipinski definition) is 0. The first kappa shape index (κ1) is 20.4. The summed E-state index contributed by atoms with van der Waals surface area (Å²) < 4.78 is 21.4. The molecule has 5 nitrogen and oxygen atoms in total. The van der Waals surface area contributed by atoms with Crippen molar-refractivity contribution in [3.8, 4) is 17.2 Å². The topological polar surface area (TPSA) is 54.0 Å². The minimum absolute atomic E-state index is 0.324. The lowest BCUT2D eigenvalue weighted by molar-refractivity contribution is -0.158. The second kappa shape index (κ2) is 9.12. The van der Waals surface area contributed by atoms with Crippen molar-refractivity contribution in [3.05, 3.63) is 53.6 Å². The second-order valence-corrected chi connectivity index (χ2v) is 6.38. The van der Waals surface area contributed by atoms with Gasteiger partial charge in [-0.1, -0.05) is 24.3 Å². The normalized spacial score (nSPS) is 11.3. The second-order valence-electron chi connectivity index (χ2n) is 6.38. The van der Waals surface area contributed by atoms with E-state index in [2.05, 4.69) is 0 Å². The molecule has 0 amide bonds. The van der Waals surface area contributed by atoms with Gasteiger partial charge in [0.1, 0.15) is 17.2 Å². The van der Waals surface area contributed by atoms with Gasteiger partial charge >= 0.3 is 5.97 Å². The van der Waals surface area contributed by atoms with Crippen LogP contribution < -0.4 is 14.2 Å². The quantitative estimate of drug-likeness (QED) is 0.502. The Hall–Kier alpha value is -2.95. The van der Waals surface area contributed by atoms with Crippen molar-refractivity contribution < 1.29 is 23.7 Å². The lowest BCUT2D eigenvalue weighted by Gasteiger charge is -2.24. The minimum atomic E-state index is -1.04. The first-order chi connectivity index (χ1) is 12.9. The zero-order valence-electron chi connectivity index (χ0n) is 16.4. The van der Waals surface area contributed by atoms with Crippen LogP contribution in [0.15, 0.2) is 42.5 Å². The van der Waals surface area contributed by atoms with Crippen LogP contribution in [0.4, 0.5) is 0 Å². The Morgan fingerprint density at radius 2 is 1.44 bits per heavy atom. The molecule has 0 N–H and O–H groups in total. The van der Waals surface area contributed by atoms with Gasteiger partial charge < -0.3 is 18.9 Å². The molecule has 0 saturated heterocycles. The van der Waals surface area contributed by atoms with E-state index in [0.717, 1.165) is 22.6 Å². The average molecular weight is 370 g/mol. The molecule has 5 heteroatoms. The van der Waals surface area contributed by atoms with Crippen molar-refractivity contribution in [3.63, 3.8) is 0 Å². The van der Waals surface area contributed by atoms with E-state index in [9.17, 15) is 4.79 Å². The molecule has 0 radical (unpaired) electrons. The van der Waals surface area contributed by atoms with Crippen LogP contribution in [-0.2, 0) is 9.53 Å². The van der Waals surface area contributed by atoms with Gasteiger partial charge in [-0.3, -0.25) is 0 Å². The third kappa shape index (κ3) is 5.78. The molecule has 0 aromatic heterocycles. The summed E-state index contributed by atoms with van der Waals surface area (Å²) >= 11 is 0. The van der Waals surface area contributed by atoms with Crippen LogP contribution in [0.5, 0.6) is 17.2 Å². The third-order valence-corrected chi connectivity index (χ3v) is 3.86. The summed E-state index contributed by atoms with van der Waals surface area (Å²) in [6, 6.07) is 13.2. The highest BCUT2D eigenvalue weighted by Gasteiger charge is 2.31. The predicted molar refractivity (Wildman–Crippen MR) is 106 cm³/mol. The van der Waals surface area contributed by atoms with Crippen LogP contribution in [0.1, 0.15) is 31.9 Å². The zero-order valence-corrected chi connectivity index (χ0v) is 16.4. The number of esters is 1. The van der Waals surface area contributed by atoms with Gasteiger partial charge in [0.25, 0.3) is 0 Å². The highest BCUT2D eigenvalue weighted by Crippen LogP contribution is 2.25. The largest absolute Gasteiger partial charge is 0.497 e. The van der Waals surface area contributed by atoms with E-state index in [1.165, 1.54) is 0 Å². The van der Waals surface area contributed by atoms with Crippen molar-refractivity contribution in [1.29, 1.82) is 0 Å². The molecule has 2 rings (SSSR count). The molecule has 2 aromatic carbocycles. The number of rotatable bonds is 8. The van der Waals surface area contributed by atoms with Crippen LogP contribution in [-0.4, -0.2) is 32.4 Å². The Morgan fingerprint density at radius 3 is 1.96 bits per heavy atom. The lowest BCUT2D eigenvalue weighted by Crippen LogP contribution is -2.39. The number of carbonyl (C=O) groups is 1. The van der Waals surface area contributed by atoms with Gasteiger partial charge in [-0.25, -0.2) is 4.79 Å². The fraction of sp³-hybridized carbons (Fsp3) is 0.318. The Bertz CT molecular complexity index is 769. The van der Waals surface area contributed by atoms with Crippen LogP contribution in [0, 0.1) is 0 Å². The molecule has 0 aliphatic rings. The number of hydrogen-bond acceptors (Lipinski definition) is 5. The molecule has 0 aliphatic heterocycles. The van der Waals surface area contributed by atoms with E-state index in [1.807, 2.05) is 54.6 Å². The molecule has 0 saturated carbocycles. The molecular weight excluding hydrogens is 344 g/mol. The molecule has 27 heavy (non-hydrogen) atoms. The molecular formula is C22H26O5. The Morgan fingerprint density at radius 1 is 0.889 bits per heavy atom. The van der Waals surface area contributed by atoms with Crippen LogP contribution in [0.3, 0.4) is 0 Å². The third-order valence-electron chi connectivity index (χ3n) is 3.86. The smallest absolute Gasteiger partial charge is 0.349 e. The Labute approximate surface area is 160 Å².